The fraction of sp³-hybridized carbons (Fsp3) is 0.417. The molecule has 0 radical (unpaired) electrons. The number of carbonyl (C=O) groups is 2. The van der Waals surface area contributed by atoms with Gasteiger partial charge in [0.05, 0.1) is 17.8 Å². The van der Waals surface area contributed by atoms with Gasteiger partial charge in [0.15, 0.2) is 0 Å². The third-order valence-electron chi connectivity index (χ3n) is 5.06. The molecule has 1 fully saturated rings. The summed E-state index contributed by atoms with van der Waals surface area (Å²) in [6.45, 7) is 7.20. The number of piperidine rings is 1. The van der Waals surface area contributed by atoms with Gasteiger partial charge in [0.1, 0.15) is 11.4 Å². The zero-order valence-electron chi connectivity index (χ0n) is 18.3. The minimum atomic E-state index is -0.651. The molecule has 0 saturated carbocycles. The molecule has 1 aliphatic heterocycles. The van der Waals surface area contributed by atoms with Crippen LogP contribution in [0.4, 0.5) is 21.5 Å². The molecule has 6 nitrogen and oxygen atoms in total. The zero-order valence-corrected chi connectivity index (χ0v) is 18.3. The molecule has 0 aliphatic carbocycles. The largest absolute Gasteiger partial charge is 0.460 e. The number of benzene rings is 2. The van der Waals surface area contributed by atoms with Gasteiger partial charge in [0.2, 0.25) is 0 Å². The summed E-state index contributed by atoms with van der Waals surface area (Å²) in [6, 6.07) is 9.15. The van der Waals surface area contributed by atoms with Gasteiger partial charge in [-0.25, -0.2) is 4.39 Å². The van der Waals surface area contributed by atoms with Gasteiger partial charge in [-0.15, -0.1) is 0 Å². The summed E-state index contributed by atoms with van der Waals surface area (Å²) in [6.07, 6.45) is 3.33. The molecule has 1 aliphatic rings. The van der Waals surface area contributed by atoms with E-state index in [9.17, 15) is 14.0 Å². The number of nitrogens with zero attached hydrogens (tertiary/aromatic N) is 1. The smallest absolute Gasteiger partial charge is 0.310 e. The van der Waals surface area contributed by atoms with Crippen LogP contribution in [0.2, 0.25) is 0 Å². The van der Waals surface area contributed by atoms with Gasteiger partial charge in [-0.3, -0.25) is 9.59 Å². The van der Waals surface area contributed by atoms with Gasteiger partial charge in [0.25, 0.3) is 5.91 Å². The van der Waals surface area contributed by atoms with Crippen LogP contribution in [0, 0.1) is 5.82 Å². The molecule has 2 aromatic rings. The minimum Gasteiger partial charge on any atom is -0.460 e. The fourth-order valence-corrected chi connectivity index (χ4v) is 3.68. The lowest BCUT2D eigenvalue weighted by molar-refractivity contribution is -0.153. The molecule has 1 heterocycles. The maximum atomic E-state index is 13.8. The van der Waals surface area contributed by atoms with Crippen molar-refractivity contribution < 1.29 is 18.7 Å². The summed E-state index contributed by atoms with van der Waals surface area (Å²) in [7, 11) is 0. The first kappa shape index (κ1) is 22.6. The van der Waals surface area contributed by atoms with Gasteiger partial charge < -0.3 is 20.7 Å². The van der Waals surface area contributed by atoms with Crippen molar-refractivity contribution >= 4 is 28.9 Å². The highest BCUT2D eigenvalue weighted by Gasteiger charge is 2.20. The molecular weight excluding hydrogens is 397 g/mol. The van der Waals surface area contributed by atoms with E-state index >= 15 is 0 Å². The normalized spacial score (nSPS) is 14.3. The van der Waals surface area contributed by atoms with Crippen LogP contribution in [0.15, 0.2) is 36.4 Å². The quantitative estimate of drug-likeness (QED) is 0.541. The average Bonchev–Trinajstić information content (AvgIpc) is 2.69. The number of rotatable bonds is 5. The summed E-state index contributed by atoms with van der Waals surface area (Å²) < 4.78 is 19.1. The van der Waals surface area contributed by atoms with E-state index < -0.39 is 17.4 Å². The molecule has 0 aromatic heterocycles. The van der Waals surface area contributed by atoms with Crippen LogP contribution >= 0.6 is 0 Å². The summed E-state index contributed by atoms with van der Waals surface area (Å²) in [4.78, 5) is 27.3. The summed E-state index contributed by atoms with van der Waals surface area (Å²) in [5.41, 5.74) is 8.15. The van der Waals surface area contributed by atoms with Crippen LogP contribution in [-0.4, -0.2) is 30.6 Å². The van der Waals surface area contributed by atoms with Crippen molar-refractivity contribution in [2.24, 2.45) is 0 Å². The lowest BCUT2D eigenvalue weighted by atomic mass is 10.1. The molecule has 1 saturated heterocycles. The predicted octanol–water partition coefficient (Wildman–Crippen LogP) is 4.53. The summed E-state index contributed by atoms with van der Waals surface area (Å²) in [5.74, 6) is -1.37. The number of nitrogens with one attached hydrogen (secondary N) is 1. The Labute approximate surface area is 182 Å². The van der Waals surface area contributed by atoms with E-state index in [1.54, 1.807) is 32.9 Å². The van der Waals surface area contributed by atoms with Crippen molar-refractivity contribution in [1.29, 1.82) is 0 Å². The van der Waals surface area contributed by atoms with Crippen LogP contribution in [0.1, 0.15) is 56.0 Å². The van der Waals surface area contributed by atoms with Crippen molar-refractivity contribution in [3.05, 3.63) is 53.3 Å². The van der Waals surface area contributed by atoms with E-state index in [0.717, 1.165) is 31.6 Å². The number of hydrogen-bond donors (Lipinski definition) is 2. The Kier molecular flexibility index (Phi) is 6.83. The number of amides is 1. The second-order valence-electron chi connectivity index (χ2n) is 8.84. The highest BCUT2D eigenvalue weighted by Crippen LogP contribution is 2.28. The number of hydrogen-bond acceptors (Lipinski definition) is 5. The van der Waals surface area contributed by atoms with Gasteiger partial charge in [-0.1, -0.05) is 0 Å². The minimum absolute atomic E-state index is 0.152. The first-order chi connectivity index (χ1) is 14.6. The Hall–Kier alpha value is -3.09. The molecular formula is C24H30FN3O3. The molecule has 7 heteroatoms. The van der Waals surface area contributed by atoms with Crippen LogP contribution in [0.25, 0.3) is 0 Å². The van der Waals surface area contributed by atoms with Gasteiger partial charge >= 0.3 is 5.97 Å². The van der Waals surface area contributed by atoms with Crippen molar-refractivity contribution in [2.75, 3.05) is 29.0 Å². The molecule has 1 amide bonds. The zero-order chi connectivity index (χ0) is 22.6. The second kappa shape index (κ2) is 9.37. The highest BCUT2D eigenvalue weighted by atomic mass is 19.1. The molecule has 2 aromatic carbocycles. The SMILES string of the molecule is CC(C)(C)OC(=O)Cc1cc(F)ccc1NC(=O)c1ccc(N2CCCCC2)c(N)c1. The number of esters is 1. The monoisotopic (exact) mass is 427 g/mol. The molecule has 0 atom stereocenters. The predicted molar refractivity (Wildman–Crippen MR) is 121 cm³/mol. The number of anilines is 3. The van der Waals surface area contributed by atoms with Crippen molar-refractivity contribution in [2.45, 2.75) is 52.1 Å². The molecule has 3 rings (SSSR count). The van der Waals surface area contributed by atoms with Crippen LogP contribution < -0.4 is 16.0 Å². The lowest BCUT2D eigenvalue weighted by Crippen LogP contribution is -2.30. The van der Waals surface area contributed by atoms with Gasteiger partial charge in [-0.05, 0) is 82.0 Å². The molecule has 0 bridgehead atoms. The van der Waals surface area contributed by atoms with E-state index in [-0.39, 0.29) is 12.3 Å². The Morgan fingerprint density at radius 2 is 1.81 bits per heavy atom. The van der Waals surface area contributed by atoms with Crippen molar-refractivity contribution in [3.63, 3.8) is 0 Å². The van der Waals surface area contributed by atoms with Crippen molar-refractivity contribution in [1.82, 2.24) is 0 Å². The fourth-order valence-electron chi connectivity index (χ4n) is 3.68. The first-order valence-corrected chi connectivity index (χ1v) is 10.6. The van der Waals surface area contributed by atoms with Crippen LogP contribution in [0.5, 0.6) is 0 Å². The van der Waals surface area contributed by atoms with Gasteiger partial charge in [-0.2, -0.15) is 0 Å². The second-order valence-corrected chi connectivity index (χ2v) is 8.84. The number of nitrogens with two attached hydrogens (primary N) is 1. The van der Waals surface area contributed by atoms with E-state index in [2.05, 4.69) is 10.2 Å². The number of carbonyl (C=O) groups excluding carboxylic acids is 2. The number of halogens is 1. The summed E-state index contributed by atoms with van der Waals surface area (Å²) >= 11 is 0. The maximum absolute atomic E-state index is 13.8. The third-order valence-corrected chi connectivity index (χ3v) is 5.06. The number of nitrogen functional groups attached to an aromatic ring is 1. The van der Waals surface area contributed by atoms with E-state index in [1.807, 2.05) is 6.07 Å². The van der Waals surface area contributed by atoms with E-state index in [4.69, 9.17) is 10.5 Å². The topological polar surface area (TPSA) is 84.7 Å². The Morgan fingerprint density at radius 1 is 1.10 bits per heavy atom. The average molecular weight is 428 g/mol. The standard InChI is InChI=1S/C24H30FN3O3/c1-24(2,3)31-22(29)15-17-13-18(25)8-9-20(17)27-23(30)16-7-10-21(19(26)14-16)28-11-5-4-6-12-28/h7-10,13-14H,4-6,11-12,15,26H2,1-3H3,(H,27,30). The molecule has 31 heavy (non-hydrogen) atoms. The molecule has 0 spiro atoms. The Balaban J connectivity index is 1.75. The molecule has 3 N–H and O–H groups in total. The first-order valence-electron chi connectivity index (χ1n) is 10.6. The van der Waals surface area contributed by atoms with E-state index in [1.165, 1.54) is 24.6 Å². The Bertz CT molecular complexity index is 963. The maximum Gasteiger partial charge on any atom is 0.310 e. The molecule has 0 unspecified atom stereocenters. The molecule has 166 valence electrons. The van der Waals surface area contributed by atoms with Crippen LogP contribution in [-0.2, 0) is 16.0 Å². The third kappa shape index (κ3) is 6.20. The van der Waals surface area contributed by atoms with E-state index in [0.29, 0.717) is 22.5 Å². The number of ether oxygens (including phenoxy) is 1. The Morgan fingerprint density at radius 3 is 2.45 bits per heavy atom. The lowest BCUT2D eigenvalue weighted by Gasteiger charge is -2.30. The van der Waals surface area contributed by atoms with Gasteiger partial charge in [0, 0.05) is 24.3 Å². The summed E-state index contributed by atoms with van der Waals surface area (Å²) in [5, 5.41) is 2.77. The highest BCUT2D eigenvalue weighted by molar-refractivity contribution is 6.06. The van der Waals surface area contributed by atoms with Crippen LogP contribution in [0.3, 0.4) is 0 Å². The van der Waals surface area contributed by atoms with Crippen molar-refractivity contribution in [3.8, 4) is 0 Å².